The summed E-state index contributed by atoms with van der Waals surface area (Å²) in [6.45, 7) is 0.571. The molecule has 2 aromatic carbocycles. The van der Waals surface area contributed by atoms with Crippen LogP contribution in [0.15, 0.2) is 48.5 Å². The minimum atomic E-state index is -1.69. The molecule has 3 unspecified atom stereocenters. The van der Waals surface area contributed by atoms with Gasteiger partial charge < -0.3 is 20.5 Å². The van der Waals surface area contributed by atoms with Crippen LogP contribution in [0.1, 0.15) is 40.8 Å². The van der Waals surface area contributed by atoms with E-state index in [4.69, 9.17) is 5.73 Å². The van der Waals surface area contributed by atoms with Crippen LogP contribution in [0, 0.1) is 0 Å². The van der Waals surface area contributed by atoms with Gasteiger partial charge >= 0.3 is 5.97 Å². The lowest BCUT2D eigenvalue weighted by molar-refractivity contribution is -0.146. The van der Waals surface area contributed by atoms with E-state index in [9.17, 15) is 19.8 Å². The van der Waals surface area contributed by atoms with E-state index in [1.54, 1.807) is 12.1 Å². The number of rotatable bonds is 5. The molecule has 29 heavy (non-hydrogen) atoms. The molecule has 4 rings (SSSR count). The van der Waals surface area contributed by atoms with Gasteiger partial charge in [-0.25, -0.2) is 4.79 Å². The first-order valence-corrected chi connectivity index (χ1v) is 9.97. The second-order valence-corrected chi connectivity index (χ2v) is 8.06. The number of carboxylic acids is 1. The maximum atomic E-state index is 12.3. The van der Waals surface area contributed by atoms with E-state index in [2.05, 4.69) is 17.2 Å². The molecule has 0 aliphatic heterocycles. The first-order valence-electron chi connectivity index (χ1n) is 9.46. The highest BCUT2D eigenvalue weighted by molar-refractivity contribution is 7.81. The maximum absolute atomic E-state index is 12.3. The van der Waals surface area contributed by atoms with Crippen LogP contribution >= 0.6 is 12.6 Å². The summed E-state index contributed by atoms with van der Waals surface area (Å²) in [6, 6.07) is 15.1. The van der Waals surface area contributed by atoms with Gasteiger partial charge in [0.15, 0.2) is 6.10 Å². The van der Waals surface area contributed by atoms with Gasteiger partial charge in [-0.1, -0.05) is 42.5 Å². The Balaban J connectivity index is 2.03. The highest BCUT2D eigenvalue weighted by Gasteiger charge is 2.37. The Hall–Kier alpha value is -2.77. The van der Waals surface area contributed by atoms with Crippen LogP contribution in [-0.4, -0.2) is 31.9 Å². The summed E-state index contributed by atoms with van der Waals surface area (Å²) in [5.74, 6) is -2.48. The van der Waals surface area contributed by atoms with Gasteiger partial charge in [0.05, 0.1) is 5.92 Å². The number of nitrogens with two attached hydrogens (primary N) is 1. The number of primary amides is 1. The lowest BCUT2D eigenvalue weighted by Crippen LogP contribution is -2.33. The van der Waals surface area contributed by atoms with Crippen molar-refractivity contribution in [2.75, 3.05) is 0 Å². The summed E-state index contributed by atoms with van der Waals surface area (Å²) in [7, 11) is 0. The molecule has 1 aliphatic rings. The number of aliphatic hydroxyl groups excluding tert-OH is 1. The molecule has 0 saturated carbocycles. The Labute approximate surface area is 173 Å². The predicted octanol–water partition coefficient (Wildman–Crippen LogP) is 2.62. The number of hydrogen-bond donors (Lipinski definition) is 4. The number of carbonyl (C=O) groups excluding carboxylic acids is 1. The molecule has 0 radical (unpaired) electrons. The molecule has 6 nitrogen and oxygen atoms in total. The van der Waals surface area contributed by atoms with Crippen molar-refractivity contribution < 1.29 is 19.8 Å². The second-order valence-electron chi connectivity index (χ2n) is 7.40. The van der Waals surface area contributed by atoms with Crippen molar-refractivity contribution in [1.82, 2.24) is 4.57 Å². The van der Waals surface area contributed by atoms with Crippen molar-refractivity contribution in [3.8, 4) is 0 Å². The van der Waals surface area contributed by atoms with Gasteiger partial charge in [0.25, 0.3) is 0 Å². The summed E-state index contributed by atoms with van der Waals surface area (Å²) in [6.07, 6.45) is -0.313. The normalized spacial score (nSPS) is 19.7. The standard InChI is InChI=1S/C22H22N2O4S/c23-21(26)19-16(29)10-9-15-18(19)17-13(20(25)22(27)28)7-4-8-14(17)24(15)11-12-5-2-1-3-6-12/h1-8,16,19-20,25,29H,9-11H2,(H2,23,26)(H,27,28). The quantitative estimate of drug-likeness (QED) is 0.485. The van der Waals surface area contributed by atoms with Crippen LogP contribution in [0.3, 0.4) is 0 Å². The van der Waals surface area contributed by atoms with Gasteiger partial charge in [0.2, 0.25) is 5.91 Å². The fourth-order valence-corrected chi connectivity index (χ4v) is 4.82. The lowest BCUT2D eigenvalue weighted by atomic mass is 9.82. The molecule has 0 saturated heterocycles. The lowest BCUT2D eigenvalue weighted by Gasteiger charge is -2.28. The average molecular weight is 410 g/mol. The molecule has 7 heteroatoms. The minimum Gasteiger partial charge on any atom is -0.479 e. The van der Waals surface area contributed by atoms with Crippen LogP contribution in [0.4, 0.5) is 0 Å². The van der Waals surface area contributed by atoms with Gasteiger partial charge in [0.1, 0.15) is 0 Å². The van der Waals surface area contributed by atoms with Gasteiger partial charge in [-0.15, -0.1) is 0 Å². The van der Waals surface area contributed by atoms with E-state index < -0.39 is 23.9 Å². The average Bonchev–Trinajstić information content (AvgIpc) is 3.01. The first kappa shape index (κ1) is 19.5. The number of thiol groups is 1. The van der Waals surface area contributed by atoms with Gasteiger partial charge in [0, 0.05) is 34.0 Å². The van der Waals surface area contributed by atoms with Crippen LogP contribution in [-0.2, 0) is 22.6 Å². The number of carbonyl (C=O) groups is 2. The molecule has 1 heterocycles. The molecular formula is C22H22N2O4S. The summed E-state index contributed by atoms with van der Waals surface area (Å²) < 4.78 is 2.10. The van der Waals surface area contributed by atoms with Crippen molar-refractivity contribution in [1.29, 1.82) is 0 Å². The number of fused-ring (bicyclic) bond motifs is 3. The second kappa shape index (κ2) is 7.57. The van der Waals surface area contributed by atoms with E-state index in [1.165, 1.54) is 0 Å². The molecule has 1 aliphatic carbocycles. The number of carboxylic acid groups (broad SMARTS) is 1. The highest BCUT2D eigenvalue weighted by Crippen LogP contribution is 2.43. The monoisotopic (exact) mass is 410 g/mol. The molecule has 150 valence electrons. The van der Waals surface area contributed by atoms with Crippen LogP contribution in [0.25, 0.3) is 10.9 Å². The Morgan fingerprint density at radius 1 is 1.17 bits per heavy atom. The largest absolute Gasteiger partial charge is 0.479 e. The number of aliphatic hydroxyl groups is 1. The molecule has 0 fully saturated rings. The van der Waals surface area contributed by atoms with Gasteiger partial charge in [-0.05, 0) is 30.0 Å². The van der Waals surface area contributed by atoms with Crippen molar-refractivity contribution in [2.45, 2.75) is 36.7 Å². The molecule has 1 aromatic heterocycles. The van der Waals surface area contributed by atoms with Crippen LogP contribution in [0.5, 0.6) is 0 Å². The van der Waals surface area contributed by atoms with E-state index in [1.807, 2.05) is 36.4 Å². The van der Waals surface area contributed by atoms with Gasteiger partial charge in [-0.3, -0.25) is 4.79 Å². The number of nitrogens with zero attached hydrogens (tertiary/aromatic N) is 1. The molecule has 3 aromatic rings. The predicted molar refractivity (Wildman–Crippen MR) is 113 cm³/mol. The third-order valence-corrected chi connectivity index (χ3v) is 6.22. The Morgan fingerprint density at radius 2 is 1.90 bits per heavy atom. The minimum absolute atomic E-state index is 0.259. The summed E-state index contributed by atoms with van der Waals surface area (Å²) in [5.41, 5.74) is 9.52. The van der Waals surface area contributed by atoms with Gasteiger partial charge in [-0.2, -0.15) is 12.6 Å². The zero-order valence-corrected chi connectivity index (χ0v) is 16.5. The third kappa shape index (κ3) is 3.30. The molecule has 0 spiro atoms. The summed E-state index contributed by atoms with van der Waals surface area (Å²) in [4.78, 5) is 23.9. The third-order valence-electron chi connectivity index (χ3n) is 5.66. The Kier molecular flexibility index (Phi) is 5.10. The first-order chi connectivity index (χ1) is 13.9. The zero-order chi connectivity index (χ0) is 20.7. The SMILES string of the molecule is NC(=O)C1c2c(n(Cc3ccccc3)c3cccc(C(O)C(=O)O)c23)CCC1S. The van der Waals surface area contributed by atoms with Crippen LogP contribution < -0.4 is 5.73 Å². The number of hydrogen-bond acceptors (Lipinski definition) is 4. The van der Waals surface area contributed by atoms with E-state index in [0.29, 0.717) is 30.3 Å². The molecule has 3 atom stereocenters. The van der Waals surface area contributed by atoms with Crippen molar-refractivity contribution >= 4 is 35.4 Å². The number of benzene rings is 2. The molecule has 1 amide bonds. The molecule has 4 N–H and O–H groups in total. The Bertz CT molecular complexity index is 1090. The molecular weight excluding hydrogens is 388 g/mol. The maximum Gasteiger partial charge on any atom is 0.337 e. The number of amides is 1. The van der Waals surface area contributed by atoms with E-state index >= 15 is 0 Å². The fraction of sp³-hybridized carbons (Fsp3) is 0.273. The fourth-order valence-electron chi connectivity index (χ4n) is 4.40. The Morgan fingerprint density at radius 3 is 2.55 bits per heavy atom. The topological polar surface area (TPSA) is 106 Å². The van der Waals surface area contributed by atoms with E-state index in [0.717, 1.165) is 16.8 Å². The van der Waals surface area contributed by atoms with E-state index in [-0.39, 0.29) is 10.8 Å². The van der Waals surface area contributed by atoms with Crippen molar-refractivity contribution in [3.05, 3.63) is 70.9 Å². The van der Waals surface area contributed by atoms with Crippen molar-refractivity contribution in [2.24, 2.45) is 5.73 Å². The zero-order valence-electron chi connectivity index (χ0n) is 15.7. The van der Waals surface area contributed by atoms with Crippen molar-refractivity contribution in [3.63, 3.8) is 0 Å². The number of aliphatic carboxylic acids is 1. The van der Waals surface area contributed by atoms with Crippen LogP contribution in [0.2, 0.25) is 0 Å². The highest BCUT2D eigenvalue weighted by atomic mass is 32.1. The summed E-state index contributed by atoms with van der Waals surface area (Å²) in [5, 5.41) is 20.1. The summed E-state index contributed by atoms with van der Waals surface area (Å²) >= 11 is 4.59. The smallest absolute Gasteiger partial charge is 0.337 e. The molecule has 0 bridgehead atoms. The number of aromatic nitrogens is 1.